The van der Waals surface area contributed by atoms with Crippen molar-refractivity contribution in [3.63, 3.8) is 0 Å². The lowest BCUT2D eigenvalue weighted by Gasteiger charge is -2.28. The summed E-state index contributed by atoms with van der Waals surface area (Å²) in [5.41, 5.74) is 0.240. The predicted molar refractivity (Wildman–Crippen MR) is 82.9 cm³/mol. The van der Waals surface area contributed by atoms with Gasteiger partial charge < -0.3 is 9.42 Å². The molecule has 0 aromatic carbocycles. The van der Waals surface area contributed by atoms with Gasteiger partial charge in [0.2, 0.25) is 11.7 Å². The van der Waals surface area contributed by atoms with Crippen molar-refractivity contribution >= 4 is 17.7 Å². The zero-order valence-corrected chi connectivity index (χ0v) is 13.9. The van der Waals surface area contributed by atoms with Crippen LogP contribution in [0.2, 0.25) is 0 Å². The van der Waals surface area contributed by atoms with Gasteiger partial charge in [-0.1, -0.05) is 25.9 Å². The van der Waals surface area contributed by atoms with Gasteiger partial charge in [-0.3, -0.25) is 9.48 Å². The molecule has 0 N–H and O–H groups in total. The molecule has 0 spiro atoms. The van der Waals surface area contributed by atoms with Crippen LogP contribution in [0, 0.1) is 5.41 Å². The molecule has 0 radical (unpaired) electrons. The Bertz CT molecular complexity index is 687. The number of aromatic nitrogens is 4. The fraction of sp³-hybridized carbons (Fsp3) is 0.571. The Labute approximate surface area is 133 Å². The highest BCUT2D eigenvalue weighted by molar-refractivity contribution is 7.99. The topological polar surface area (TPSA) is 77.0 Å². The Morgan fingerprint density at radius 3 is 2.86 bits per heavy atom. The lowest BCUT2D eigenvalue weighted by Crippen LogP contribution is -2.39. The number of hydrogen-bond acceptors (Lipinski definition) is 6. The molecule has 1 unspecified atom stereocenters. The first-order valence-electron chi connectivity index (χ1n) is 7.08. The van der Waals surface area contributed by atoms with E-state index < -0.39 is 5.41 Å². The molecule has 2 aromatic heterocycles. The Balaban J connectivity index is 1.85. The van der Waals surface area contributed by atoms with Crippen LogP contribution in [0.15, 0.2) is 16.8 Å². The van der Waals surface area contributed by atoms with Crippen molar-refractivity contribution < 1.29 is 9.32 Å². The van der Waals surface area contributed by atoms with Crippen LogP contribution in [0.4, 0.5) is 0 Å². The first-order valence-corrected chi connectivity index (χ1v) is 8.24. The molecule has 118 valence electrons. The molecule has 0 aliphatic carbocycles. The third-order valence-corrected chi connectivity index (χ3v) is 4.47. The lowest BCUT2D eigenvalue weighted by atomic mass is 9.94. The summed E-state index contributed by atoms with van der Waals surface area (Å²) in [4.78, 5) is 18.8. The van der Waals surface area contributed by atoms with Gasteiger partial charge in [0, 0.05) is 24.4 Å². The van der Waals surface area contributed by atoms with Crippen molar-refractivity contribution in [2.24, 2.45) is 12.5 Å². The van der Waals surface area contributed by atoms with Crippen LogP contribution in [0.5, 0.6) is 0 Å². The van der Waals surface area contributed by atoms with Crippen LogP contribution in [0.1, 0.15) is 32.7 Å². The molecule has 1 atom stereocenters. The molecule has 3 heterocycles. The molecule has 8 heteroatoms. The number of carbonyl (C=O) groups is 1. The van der Waals surface area contributed by atoms with E-state index in [1.165, 1.54) is 0 Å². The summed E-state index contributed by atoms with van der Waals surface area (Å²) in [5, 5.41) is 8.25. The first kappa shape index (κ1) is 15.1. The SMILES string of the molecule is Cn1ccc(-c2noc(C3CSCN3C(=O)C(C)(C)C)n2)n1. The molecular weight excluding hydrogens is 302 g/mol. The van der Waals surface area contributed by atoms with Crippen molar-refractivity contribution in [2.45, 2.75) is 26.8 Å². The Morgan fingerprint density at radius 1 is 1.45 bits per heavy atom. The van der Waals surface area contributed by atoms with Crippen LogP contribution in [0.25, 0.3) is 11.5 Å². The normalized spacial score (nSPS) is 18.9. The highest BCUT2D eigenvalue weighted by atomic mass is 32.2. The third kappa shape index (κ3) is 2.75. The Hall–Kier alpha value is -1.83. The van der Waals surface area contributed by atoms with Crippen molar-refractivity contribution in [2.75, 3.05) is 11.6 Å². The summed E-state index contributed by atoms with van der Waals surface area (Å²) in [6.07, 6.45) is 1.83. The van der Waals surface area contributed by atoms with E-state index in [-0.39, 0.29) is 11.9 Å². The molecule has 2 aromatic rings. The van der Waals surface area contributed by atoms with Gasteiger partial charge in [0.15, 0.2) is 0 Å². The Kier molecular flexibility index (Phi) is 3.72. The van der Waals surface area contributed by atoms with Gasteiger partial charge in [0.1, 0.15) is 11.7 Å². The zero-order chi connectivity index (χ0) is 15.9. The van der Waals surface area contributed by atoms with Gasteiger partial charge in [-0.15, -0.1) is 11.8 Å². The number of thioether (sulfide) groups is 1. The highest BCUT2D eigenvalue weighted by Gasteiger charge is 2.39. The maximum absolute atomic E-state index is 12.5. The minimum absolute atomic E-state index is 0.0973. The van der Waals surface area contributed by atoms with E-state index in [1.807, 2.05) is 45.0 Å². The van der Waals surface area contributed by atoms with Gasteiger partial charge in [-0.25, -0.2) is 0 Å². The second-order valence-corrected chi connectivity index (χ2v) is 7.37. The van der Waals surface area contributed by atoms with E-state index in [2.05, 4.69) is 15.2 Å². The minimum atomic E-state index is -0.424. The fourth-order valence-corrected chi connectivity index (χ4v) is 3.43. The number of hydrogen-bond donors (Lipinski definition) is 0. The number of rotatable bonds is 2. The molecule has 0 saturated carbocycles. The molecular formula is C14H19N5O2S. The molecule has 1 aliphatic heterocycles. The number of amides is 1. The summed E-state index contributed by atoms with van der Waals surface area (Å²) < 4.78 is 7.07. The third-order valence-electron chi connectivity index (χ3n) is 3.45. The van der Waals surface area contributed by atoms with Crippen LogP contribution < -0.4 is 0 Å². The smallest absolute Gasteiger partial charge is 0.250 e. The van der Waals surface area contributed by atoms with Gasteiger partial charge in [-0.05, 0) is 6.07 Å². The van der Waals surface area contributed by atoms with E-state index in [1.54, 1.807) is 16.4 Å². The molecule has 1 fully saturated rings. The predicted octanol–water partition coefficient (Wildman–Crippen LogP) is 2.09. The standard InChI is InChI=1S/C14H19N5O2S/c1-14(2,3)13(20)19-8-22-7-10(19)12-15-11(17-21-12)9-5-6-18(4)16-9/h5-6,10H,7-8H2,1-4H3. The molecule has 22 heavy (non-hydrogen) atoms. The number of aryl methyl sites for hydroxylation is 1. The molecule has 1 amide bonds. The summed E-state index contributed by atoms with van der Waals surface area (Å²) in [7, 11) is 1.84. The van der Waals surface area contributed by atoms with Gasteiger partial charge >= 0.3 is 0 Å². The summed E-state index contributed by atoms with van der Waals surface area (Å²) in [6.45, 7) is 5.76. The van der Waals surface area contributed by atoms with E-state index in [4.69, 9.17) is 4.52 Å². The second-order valence-electron chi connectivity index (χ2n) is 6.37. The molecule has 0 bridgehead atoms. The van der Waals surface area contributed by atoms with Gasteiger partial charge in [-0.2, -0.15) is 10.1 Å². The maximum atomic E-state index is 12.5. The zero-order valence-electron chi connectivity index (χ0n) is 13.1. The van der Waals surface area contributed by atoms with E-state index in [9.17, 15) is 4.79 Å². The van der Waals surface area contributed by atoms with Crippen molar-refractivity contribution in [3.05, 3.63) is 18.2 Å². The molecule has 7 nitrogen and oxygen atoms in total. The fourth-order valence-electron chi connectivity index (χ4n) is 2.29. The quantitative estimate of drug-likeness (QED) is 0.843. The van der Waals surface area contributed by atoms with Gasteiger partial charge in [0.25, 0.3) is 5.89 Å². The maximum Gasteiger partial charge on any atom is 0.250 e. The number of carbonyl (C=O) groups excluding carboxylic acids is 1. The summed E-state index contributed by atoms with van der Waals surface area (Å²) in [5.74, 6) is 2.45. The van der Waals surface area contributed by atoms with E-state index >= 15 is 0 Å². The summed E-state index contributed by atoms with van der Waals surface area (Å²) >= 11 is 1.70. The number of nitrogens with zero attached hydrogens (tertiary/aromatic N) is 5. The van der Waals surface area contributed by atoms with Crippen LogP contribution in [0.3, 0.4) is 0 Å². The van der Waals surface area contributed by atoms with Gasteiger partial charge in [0.05, 0.1) is 5.88 Å². The monoisotopic (exact) mass is 321 g/mol. The molecule has 1 saturated heterocycles. The lowest BCUT2D eigenvalue weighted by molar-refractivity contribution is -0.140. The van der Waals surface area contributed by atoms with Crippen LogP contribution >= 0.6 is 11.8 Å². The Morgan fingerprint density at radius 2 is 2.23 bits per heavy atom. The van der Waals surface area contributed by atoms with Crippen molar-refractivity contribution in [1.82, 2.24) is 24.8 Å². The van der Waals surface area contributed by atoms with Crippen molar-refractivity contribution in [3.8, 4) is 11.5 Å². The van der Waals surface area contributed by atoms with Crippen LogP contribution in [-0.2, 0) is 11.8 Å². The van der Waals surface area contributed by atoms with Crippen LogP contribution in [-0.4, -0.2) is 42.4 Å². The van der Waals surface area contributed by atoms with E-state index in [0.717, 1.165) is 5.75 Å². The second kappa shape index (κ2) is 5.42. The minimum Gasteiger partial charge on any atom is -0.337 e. The average molecular weight is 321 g/mol. The molecule has 3 rings (SSSR count). The molecule has 1 aliphatic rings. The summed E-state index contributed by atoms with van der Waals surface area (Å²) in [6, 6.07) is 1.66. The highest BCUT2D eigenvalue weighted by Crippen LogP contribution is 2.36. The first-order chi connectivity index (χ1) is 10.4. The largest absolute Gasteiger partial charge is 0.337 e. The van der Waals surface area contributed by atoms with Crippen molar-refractivity contribution in [1.29, 1.82) is 0 Å². The van der Waals surface area contributed by atoms with E-state index in [0.29, 0.717) is 23.3 Å². The average Bonchev–Trinajstić information content (AvgIpc) is 3.15.